The standard InChI is InChI=1S/C19H19ClFNO4/c1-12(19(24)22-14-6-9-17(21)16(20)11-14)26-18(23)10-5-13-3-7-15(25-2)8-4-13/h3-4,6-9,11-12H,5,10H2,1-2H3,(H,22,24)/t12-/m1/s1. The number of ether oxygens (including phenoxy) is 2. The number of esters is 1. The van der Waals surface area contributed by atoms with Crippen LogP contribution < -0.4 is 10.1 Å². The number of methoxy groups -OCH3 is 1. The fourth-order valence-corrected chi connectivity index (χ4v) is 2.35. The summed E-state index contributed by atoms with van der Waals surface area (Å²) in [6.07, 6.45) is -0.348. The highest BCUT2D eigenvalue weighted by molar-refractivity contribution is 6.31. The van der Waals surface area contributed by atoms with E-state index >= 15 is 0 Å². The summed E-state index contributed by atoms with van der Waals surface area (Å²) in [5.74, 6) is -0.851. The molecule has 1 amide bonds. The maximum Gasteiger partial charge on any atom is 0.306 e. The predicted octanol–water partition coefficient (Wildman–Crippen LogP) is 3.99. The average Bonchev–Trinajstić information content (AvgIpc) is 2.63. The van der Waals surface area contributed by atoms with Gasteiger partial charge in [0.05, 0.1) is 12.1 Å². The molecule has 0 unspecified atom stereocenters. The zero-order chi connectivity index (χ0) is 19.1. The molecule has 138 valence electrons. The summed E-state index contributed by atoms with van der Waals surface area (Å²) >= 11 is 5.66. The van der Waals surface area contributed by atoms with Crippen molar-refractivity contribution in [2.24, 2.45) is 0 Å². The second-order valence-corrected chi connectivity index (χ2v) is 6.01. The van der Waals surface area contributed by atoms with Crippen LogP contribution >= 0.6 is 11.6 Å². The van der Waals surface area contributed by atoms with Gasteiger partial charge in [-0.15, -0.1) is 0 Å². The SMILES string of the molecule is COc1ccc(CCC(=O)O[C@H](C)C(=O)Nc2ccc(F)c(Cl)c2)cc1. The number of halogens is 2. The Labute approximate surface area is 156 Å². The van der Waals surface area contributed by atoms with E-state index in [0.717, 1.165) is 17.4 Å². The van der Waals surface area contributed by atoms with Crippen LogP contribution in [0, 0.1) is 5.82 Å². The van der Waals surface area contributed by atoms with E-state index in [1.807, 2.05) is 24.3 Å². The van der Waals surface area contributed by atoms with Crippen LogP contribution in [0.3, 0.4) is 0 Å². The predicted molar refractivity (Wildman–Crippen MR) is 96.9 cm³/mol. The zero-order valence-electron chi connectivity index (χ0n) is 14.4. The van der Waals surface area contributed by atoms with Crippen molar-refractivity contribution in [3.63, 3.8) is 0 Å². The molecule has 0 heterocycles. The van der Waals surface area contributed by atoms with E-state index < -0.39 is 23.8 Å². The maximum absolute atomic E-state index is 13.1. The van der Waals surface area contributed by atoms with Crippen molar-refractivity contribution < 1.29 is 23.5 Å². The molecule has 0 saturated carbocycles. The summed E-state index contributed by atoms with van der Waals surface area (Å²) in [6.45, 7) is 1.46. The minimum Gasteiger partial charge on any atom is -0.497 e. The molecular weight excluding hydrogens is 361 g/mol. The van der Waals surface area contributed by atoms with Gasteiger partial charge in [-0.05, 0) is 49.2 Å². The number of carbonyl (C=O) groups excluding carboxylic acids is 2. The highest BCUT2D eigenvalue weighted by Gasteiger charge is 2.18. The van der Waals surface area contributed by atoms with Crippen LogP contribution in [0.15, 0.2) is 42.5 Å². The van der Waals surface area contributed by atoms with Crippen molar-refractivity contribution in [3.05, 3.63) is 58.9 Å². The molecule has 0 aliphatic rings. The van der Waals surface area contributed by atoms with Crippen molar-refractivity contribution in [2.45, 2.75) is 25.9 Å². The number of amides is 1. The van der Waals surface area contributed by atoms with Gasteiger partial charge in [-0.2, -0.15) is 0 Å². The zero-order valence-corrected chi connectivity index (χ0v) is 15.2. The smallest absolute Gasteiger partial charge is 0.306 e. The normalized spacial score (nSPS) is 11.5. The van der Waals surface area contributed by atoms with Crippen LogP contribution in [0.5, 0.6) is 5.75 Å². The Bertz CT molecular complexity index is 780. The molecule has 0 aromatic heterocycles. The van der Waals surface area contributed by atoms with E-state index in [4.69, 9.17) is 21.1 Å². The van der Waals surface area contributed by atoms with Gasteiger partial charge >= 0.3 is 5.97 Å². The third-order valence-electron chi connectivity index (χ3n) is 3.64. The molecule has 1 atom stereocenters. The monoisotopic (exact) mass is 379 g/mol. The van der Waals surface area contributed by atoms with Gasteiger partial charge in [0.15, 0.2) is 6.10 Å². The summed E-state index contributed by atoms with van der Waals surface area (Å²) in [5.41, 5.74) is 1.28. The molecule has 0 bridgehead atoms. The van der Waals surface area contributed by atoms with Crippen LogP contribution in [0.1, 0.15) is 18.9 Å². The van der Waals surface area contributed by atoms with Crippen LogP contribution in [0.4, 0.5) is 10.1 Å². The largest absolute Gasteiger partial charge is 0.497 e. The van der Waals surface area contributed by atoms with Gasteiger partial charge in [0.2, 0.25) is 0 Å². The second-order valence-electron chi connectivity index (χ2n) is 5.60. The quantitative estimate of drug-likeness (QED) is 0.739. The first-order valence-electron chi connectivity index (χ1n) is 7.97. The Morgan fingerprint density at radius 3 is 2.50 bits per heavy atom. The molecule has 7 heteroatoms. The van der Waals surface area contributed by atoms with Gasteiger partial charge in [0.25, 0.3) is 5.91 Å². The summed E-state index contributed by atoms with van der Waals surface area (Å²) in [6, 6.07) is 11.1. The molecule has 0 fully saturated rings. The van der Waals surface area contributed by atoms with Crippen molar-refractivity contribution in [1.29, 1.82) is 0 Å². The Morgan fingerprint density at radius 2 is 1.88 bits per heavy atom. The van der Waals surface area contributed by atoms with Crippen molar-refractivity contribution in [1.82, 2.24) is 0 Å². The van der Waals surface area contributed by atoms with Crippen LogP contribution in [-0.2, 0) is 20.7 Å². The van der Waals surface area contributed by atoms with E-state index in [2.05, 4.69) is 5.32 Å². The topological polar surface area (TPSA) is 64.6 Å². The van der Waals surface area contributed by atoms with E-state index in [-0.39, 0.29) is 11.4 Å². The number of carbonyl (C=O) groups is 2. The molecule has 2 rings (SSSR count). The lowest BCUT2D eigenvalue weighted by atomic mass is 10.1. The van der Waals surface area contributed by atoms with Crippen molar-refractivity contribution in [2.75, 3.05) is 12.4 Å². The molecular formula is C19H19ClFNO4. The van der Waals surface area contributed by atoms with Gasteiger partial charge in [-0.1, -0.05) is 23.7 Å². The molecule has 0 saturated heterocycles. The second kappa shape index (κ2) is 9.20. The minimum atomic E-state index is -0.984. The van der Waals surface area contributed by atoms with E-state index in [0.29, 0.717) is 12.1 Å². The first kappa shape index (κ1) is 19.7. The Balaban J connectivity index is 1.81. The molecule has 0 radical (unpaired) electrons. The van der Waals surface area contributed by atoms with E-state index in [1.54, 1.807) is 7.11 Å². The molecule has 1 N–H and O–H groups in total. The first-order valence-corrected chi connectivity index (χ1v) is 8.35. The average molecular weight is 380 g/mol. The number of hydrogen-bond acceptors (Lipinski definition) is 4. The molecule has 0 aliphatic heterocycles. The van der Waals surface area contributed by atoms with Gasteiger partial charge < -0.3 is 14.8 Å². The first-order chi connectivity index (χ1) is 12.4. The summed E-state index contributed by atoms with van der Waals surface area (Å²) in [5, 5.41) is 2.42. The lowest BCUT2D eigenvalue weighted by molar-refractivity contribution is -0.153. The molecule has 0 aliphatic carbocycles. The highest BCUT2D eigenvalue weighted by atomic mass is 35.5. The summed E-state index contributed by atoms with van der Waals surface area (Å²) in [7, 11) is 1.58. The fraction of sp³-hybridized carbons (Fsp3) is 0.263. The number of hydrogen-bond donors (Lipinski definition) is 1. The Kier molecular flexibility index (Phi) is 6.97. The number of nitrogens with one attached hydrogen (secondary N) is 1. The third-order valence-corrected chi connectivity index (χ3v) is 3.93. The summed E-state index contributed by atoms with van der Waals surface area (Å²) < 4.78 is 23.3. The van der Waals surface area contributed by atoms with Crippen LogP contribution in [0.25, 0.3) is 0 Å². The Hall–Kier alpha value is -2.60. The van der Waals surface area contributed by atoms with E-state index in [9.17, 15) is 14.0 Å². The lowest BCUT2D eigenvalue weighted by Crippen LogP contribution is -2.30. The van der Waals surface area contributed by atoms with Gasteiger partial charge in [0, 0.05) is 12.1 Å². The van der Waals surface area contributed by atoms with Crippen LogP contribution in [0.2, 0.25) is 5.02 Å². The maximum atomic E-state index is 13.1. The van der Waals surface area contributed by atoms with Crippen LogP contribution in [-0.4, -0.2) is 25.1 Å². The lowest BCUT2D eigenvalue weighted by Gasteiger charge is -2.14. The molecule has 2 aromatic carbocycles. The minimum absolute atomic E-state index is 0.105. The third kappa shape index (κ3) is 5.74. The molecule has 26 heavy (non-hydrogen) atoms. The summed E-state index contributed by atoms with van der Waals surface area (Å²) in [4.78, 5) is 24.0. The van der Waals surface area contributed by atoms with Crippen molar-refractivity contribution >= 4 is 29.2 Å². The van der Waals surface area contributed by atoms with E-state index in [1.165, 1.54) is 19.1 Å². The molecule has 0 spiro atoms. The molecule has 2 aromatic rings. The van der Waals surface area contributed by atoms with Gasteiger partial charge in [-0.3, -0.25) is 9.59 Å². The number of benzene rings is 2. The Morgan fingerprint density at radius 1 is 1.19 bits per heavy atom. The van der Waals surface area contributed by atoms with Gasteiger partial charge in [-0.25, -0.2) is 4.39 Å². The number of aryl methyl sites for hydroxylation is 1. The number of rotatable bonds is 7. The van der Waals surface area contributed by atoms with Gasteiger partial charge in [0.1, 0.15) is 11.6 Å². The van der Waals surface area contributed by atoms with Crippen molar-refractivity contribution in [3.8, 4) is 5.75 Å². The highest BCUT2D eigenvalue weighted by Crippen LogP contribution is 2.19. The fourth-order valence-electron chi connectivity index (χ4n) is 2.17. The number of anilines is 1. The molecule has 5 nitrogen and oxygen atoms in total.